The van der Waals surface area contributed by atoms with Crippen molar-refractivity contribution in [2.75, 3.05) is 0 Å². The molecule has 1 nitrogen and oxygen atoms in total. The number of aryl methyl sites for hydroxylation is 2. The number of benzene rings is 1. The Balaban J connectivity index is -0.0000000868. The van der Waals surface area contributed by atoms with Gasteiger partial charge in [-0.05, 0) is 13.8 Å². The number of hydrogen-bond donors (Lipinski definition) is 0. The van der Waals surface area contributed by atoms with E-state index >= 15 is 0 Å². The van der Waals surface area contributed by atoms with E-state index in [9.17, 15) is 0 Å². The third kappa shape index (κ3) is 16.7. The van der Waals surface area contributed by atoms with E-state index in [0.717, 1.165) is 11.1 Å². The van der Waals surface area contributed by atoms with Crippen LogP contribution in [0.3, 0.4) is 0 Å². The molecular weight excluding hydrogens is 366 g/mol. The predicted octanol–water partition coefficient (Wildman–Crippen LogP) is 7.67. The Labute approximate surface area is 183 Å². The van der Waals surface area contributed by atoms with Crippen LogP contribution in [0.4, 0.5) is 0 Å². The minimum Gasteiger partial charge on any atom is -0.673 e. The van der Waals surface area contributed by atoms with Crippen molar-refractivity contribution in [3.63, 3.8) is 0 Å². The first kappa shape index (κ1) is 36.2. The summed E-state index contributed by atoms with van der Waals surface area (Å²) >= 11 is 0. The monoisotopic (exact) mass is 403 g/mol. The van der Waals surface area contributed by atoms with Gasteiger partial charge in [0.1, 0.15) is 0 Å². The smallest absolute Gasteiger partial charge is 0.673 e. The Morgan fingerprint density at radius 1 is 0.962 bits per heavy atom. The van der Waals surface area contributed by atoms with Gasteiger partial charge in [0.05, 0.1) is 0 Å². The second kappa shape index (κ2) is 16.4. The molecule has 0 fully saturated rings. The maximum atomic E-state index is 6.94. The first-order valence-electron chi connectivity index (χ1n) is 7.61. The molecular formula is C23H37NSiTi. The van der Waals surface area contributed by atoms with Crippen LogP contribution < -0.4 is 0 Å². The fourth-order valence-electron chi connectivity index (χ4n) is 1.52. The van der Waals surface area contributed by atoms with Crippen molar-refractivity contribution in [3.05, 3.63) is 86.3 Å². The first-order valence-corrected chi connectivity index (χ1v) is 7.61. The van der Waals surface area contributed by atoms with Crippen molar-refractivity contribution in [1.29, 1.82) is 0 Å². The zero-order chi connectivity index (χ0) is 17.5. The number of allylic oxidation sites excluding steroid dienone is 2. The van der Waals surface area contributed by atoms with Crippen LogP contribution >= 0.6 is 0 Å². The molecule has 142 valence electrons. The summed E-state index contributed by atoms with van der Waals surface area (Å²) in [6.45, 7) is 21.1. The molecule has 0 heterocycles. The van der Waals surface area contributed by atoms with Crippen molar-refractivity contribution in [2.24, 2.45) is 0 Å². The summed E-state index contributed by atoms with van der Waals surface area (Å²) in [5.74, 6) is 0. The van der Waals surface area contributed by atoms with Gasteiger partial charge in [-0.1, -0.05) is 65.0 Å². The van der Waals surface area contributed by atoms with Crippen molar-refractivity contribution in [3.8, 4) is 0 Å². The van der Waals surface area contributed by atoms with E-state index in [4.69, 9.17) is 5.73 Å². The van der Waals surface area contributed by atoms with E-state index in [2.05, 4.69) is 57.3 Å². The summed E-state index contributed by atoms with van der Waals surface area (Å²) in [6, 6.07) is 10.8. The predicted molar refractivity (Wildman–Crippen MR) is 121 cm³/mol. The summed E-state index contributed by atoms with van der Waals surface area (Å²) in [4.78, 5) is 0. The van der Waals surface area contributed by atoms with Gasteiger partial charge < -0.3 is 20.6 Å². The van der Waals surface area contributed by atoms with Crippen LogP contribution in [0.15, 0.2) is 54.6 Å². The van der Waals surface area contributed by atoms with E-state index in [0.29, 0.717) is 0 Å². The summed E-state index contributed by atoms with van der Waals surface area (Å²) < 4.78 is 0. The molecule has 0 saturated heterocycles. The SMILES string of the molecule is C=C(C)C(=C)C.CC(C)(C)[NH-].Cc1[cH-]c2ccccc2c1C.[CH3-].[CH3-].[Si].[Ti+4]. The molecule has 0 spiro atoms. The van der Waals surface area contributed by atoms with Crippen molar-refractivity contribution in [2.45, 2.75) is 54.0 Å². The number of rotatable bonds is 1. The molecule has 0 aliphatic heterocycles. The molecule has 1 N–H and O–H groups in total. The standard InChI is InChI=1S/C11H11.C6H10.C4H10N.2CH3.Si.Ti/c1-8-7-10-5-3-4-6-11(10)9(8)2;1-5(2)6(3)4;1-4(2,3)5;;;;/h3-7H,1-2H3;1,3H2,2,4H3;5H,1-3H3;2*1H3;;/q-1;;3*-1;;+4. The van der Waals surface area contributed by atoms with E-state index in [1.165, 1.54) is 21.9 Å². The largest absolute Gasteiger partial charge is 4.00 e. The molecule has 0 aliphatic rings. The summed E-state index contributed by atoms with van der Waals surface area (Å²) in [7, 11) is 0. The molecule has 0 amide bonds. The van der Waals surface area contributed by atoms with Crippen LogP contribution in [-0.2, 0) is 21.7 Å². The van der Waals surface area contributed by atoms with Gasteiger partial charge in [0.2, 0.25) is 0 Å². The number of fused-ring (bicyclic) bond motifs is 1. The fraction of sp³-hybridized carbons (Fsp3) is 0.348. The van der Waals surface area contributed by atoms with Crippen LogP contribution in [0.2, 0.25) is 0 Å². The Morgan fingerprint density at radius 3 is 1.62 bits per heavy atom. The van der Waals surface area contributed by atoms with Gasteiger partial charge in [0.15, 0.2) is 0 Å². The molecule has 3 heteroatoms. The molecule has 0 aliphatic carbocycles. The van der Waals surface area contributed by atoms with Gasteiger partial charge in [-0.2, -0.15) is 5.56 Å². The zero-order valence-electron chi connectivity index (χ0n) is 18.3. The molecule has 0 aromatic heterocycles. The summed E-state index contributed by atoms with van der Waals surface area (Å²) in [5.41, 5.74) is 11.6. The quantitative estimate of drug-likeness (QED) is 0.265. The van der Waals surface area contributed by atoms with Gasteiger partial charge in [-0.15, -0.1) is 46.1 Å². The van der Waals surface area contributed by atoms with Crippen LogP contribution in [0, 0.1) is 28.7 Å². The topological polar surface area (TPSA) is 23.8 Å². The van der Waals surface area contributed by atoms with Crippen molar-refractivity contribution >= 4 is 21.7 Å². The molecule has 26 heavy (non-hydrogen) atoms. The van der Waals surface area contributed by atoms with Gasteiger partial charge >= 0.3 is 21.7 Å². The Morgan fingerprint density at radius 2 is 1.31 bits per heavy atom. The number of nitrogens with one attached hydrogen (secondary N) is 1. The maximum Gasteiger partial charge on any atom is 4.00 e. The second-order valence-corrected chi connectivity index (χ2v) is 6.85. The van der Waals surface area contributed by atoms with Gasteiger partial charge in [0, 0.05) is 11.0 Å². The minimum absolute atomic E-state index is 0. The first-order chi connectivity index (χ1) is 9.93. The van der Waals surface area contributed by atoms with E-state index in [1.807, 2.05) is 34.6 Å². The summed E-state index contributed by atoms with van der Waals surface area (Å²) in [6.07, 6.45) is 0. The third-order valence-corrected chi connectivity index (χ3v) is 3.06. The second-order valence-electron chi connectivity index (χ2n) is 6.85. The third-order valence-electron chi connectivity index (χ3n) is 3.06. The number of hydrogen-bond acceptors (Lipinski definition) is 0. The average molecular weight is 404 g/mol. The van der Waals surface area contributed by atoms with Gasteiger partial charge in [-0.25, -0.2) is 0 Å². The molecule has 0 unspecified atom stereocenters. The van der Waals surface area contributed by atoms with Gasteiger partial charge in [0.25, 0.3) is 0 Å². The van der Waals surface area contributed by atoms with Crippen LogP contribution in [0.5, 0.6) is 0 Å². The van der Waals surface area contributed by atoms with E-state index in [-0.39, 0.29) is 53.1 Å². The van der Waals surface area contributed by atoms with Crippen LogP contribution in [0.25, 0.3) is 16.5 Å². The Hall–Kier alpha value is -0.799. The van der Waals surface area contributed by atoms with Crippen molar-refractivity contribution in [1.82, 2.24) is 0 Å². The van der Waals surface area contributed by atoms with Crippen LogP contribution in [-0.4, -0.2) is 16.5 Å². The molecule has 0 saturated carbocycles. The minimum atomic E-state index is -0.250. The molecule has 0 atom stereocenters. The van der Waals surface area contributed by atoms with E-state index in [1.54, 1.807) is 0 Å². The normalized spacial score (nSPS) is 8.62. The zero-order valence-corrected chi connectivity index (χ0v) is 20.9. The Kier molecular flexibility index (Phi) is 22.8. The Bertz CT molecular complexity index is 615. The van der Waals surface area contributed by atoms with Crippen LogP contribution in [0.1, 0.15) is 45.7 Å². The molecule has 4 radical (unpaired) electrons. The average Bonchev–Trinajstić information content (AvgIpc) is 2.64. The maximum absolute atomic E-state index is 6.94. The molecule has 2 aromatic rings. The van der Waals surface area contributed by atoms with Crippen molar-refractivity contribution < 1.29 is 21.7 Å². The molecule has 2 rings (SSSR count). The van der Waals surface area contributed by atoms with Gasteiger partial charge in [-0.3, -0.25) is 0 Å². The summed E-state index contributed by atoms with van der Waals surface area (Å²) in [5, 5.41) is 2.76. The molecule has 2 aromatic carbocycles. The fourth-order valence-corrected chi connectivity index (χ4v) is 1.52. The van der Waals surface area contributed by atoms with E-state index < -0.39 is 0 Å². The molecule has 0 bridgehead atoms.